The average molecular weight is 342 g/mol. The van der Waals surface area contributed by atoms with Crippen LogP contribution in [0.15, 0.2) is 53.6 Å². The van der Waals surface area contributed by atoms with Crippen LogP contribution in [-0.2, 0) is 11.3 Å². The van der Waals surface area contributed by atoms with E-state index in [0.29, 0.717) is 5.69 Å². The summed E-state index contributed by atoms with van der Waals surface area (Å²) in [6.45, 7) is 0.484. The van der Waals surface area contributed by atoms with Crippen molar-refractivity contribution in [2.24, 2.45) is 5.11 Å². The van der Waals surface area contributed by atoms with Crippen molar-refractivity contribution in [3.63, 3.8) is 0 Å². The number of rotatable bonds is 6. The van der Waals surface area contributed by atoms with Crippen LogP contribution in [0.5, 0.6) is 5.75 Å². The van der Waals surface area contributed by atoms with Gasteiger partial charge in [0.15, 0.2) is 11.6 Å². The smallest absolute Gasteiger partial charge is 0.414 e. The van der Waals surface area contributed by atoms with E-state index in [1.54, 1.807) is 6.07 Å². The Hall–Kier alpha value is -3.25. The SMILES string of the molecule is [N-]=[N+]=NC[C@@H]1CN(c2ccc(OCc3ccccc3)c(F)c2)C(=O)O1. The van der Waals surface area contributed by atoms with E-state index in [4.69, 9.17) is 15.0 Å². The summed E-state index contributed by atoms with van der Waals surface area (Å²) in [4.78, 5) is 15.8. The Morgan fingerprint density at radius 2 is 2.12 bits per heavy atom. The van der Waals surface area contributed by atoms with Gasteiger partial charge in [-0.1, -0.05) is 35.4 Å². The van der Waals surface area contributed by atoms with Crippen molar-refractivity contribution >= 4 is 11.8 Å². The molecule has 0 unspecified atom stereocenters. The summed E-state index contributed by atoms with van der Waals surface area (Å²) in [6, 6.07) is 13.7. The Bertz CT molecular complexity index is 809. The second-order valence-electron chi connectivity index (χ2n) is 5.42. The number of halogens is 1. The minimum Gasteiger partial charge on any atom is -0.486 e. The molecule has 7 nitrogen and oxygen atoms in total. The standard InChI is InChI=1S/C17H15FN4O3/c18-15-8-13(22-10-14(9-20-21-19)25-17(22)23)6-7-16(15)24-11-12-4-2-1-3-5-12/h1-8,14H,9-11H2/t14-/m1/s1. The summed E-state index contributed by atoms with van der Waals surface area (Å²) in [5.74, 6) is -0.467. The molecule has 1 heterocycles. The number of anilines is 1. The Labute approximate surface area is 143 Å². The minimum atomic E-state index is -0.601. The van der Waals surface area contributed by atoms with Crippen molar-refractivity contribution in [1.82, 2.24) is 0 Å². The van der Waals surface area contributed by atoms with E-state index in [9.17, 15) is 9.18 Å². The highest BCUT2D eigenvalue weighted by Gasteiger charge is 2.32. The first-order chi connectivity index (χ1) is 12.2. The molecule has 0 N–H and O–H groups in total. The number of cyclic esters (lactones) is 1. The molecule has 0 aliphatic carbocycles. The van der Waals surface area contributed by atoms with Crippen LogP contribution in [0.2, 0.25) is 0 Å². The summed E-state index contributed by atoms with van der Waals surface area (Å²) in [5.41, 5.74) is 9.60. The Morgan fingerprint density at radius 1 is 1.32 bits per heavy atom. The van der Waals surface area contributed by atoms with E-state index in [2.05, 4.69) is 10.0 Å². The van der Waals surface area contributed by atoms with E-state index in [1.807, 2.05) is 30.3 Å². The summed E-state index contributed by atoms with van der Waals surface area (Å²) >= 11 is 0. The van der Waals surface area contributed by atoms with Gasteiger partial charge in [-0.05, 0) is 23.2 Å². The van der Waals surface area contributed by atoms with Crippen molar-refractivity contribution in [3.05, 3.63) is 70.4 Å². The van der Waals surface area contributed by atoms with Crippen LogP contribution < -0.4 is 9.64 Å². The lowest BCUT2D eigenvalue weighted by molar-refractivity contribution is 0.145. The van der Waals surface area contributed by atoms with Crippen LogP contribution in [0.1, 0.15) is 5.56 Å². The summed E-state index contributed by atoms with van der Waals surface area (Å²) < 4.78 is 24.8. The highest BCUT2D eigenvalue weighted by atomic mass is 19.1. The van der Waals surface area contributed by atoms with E-state index in [0.717, 1.165) is 5.56 Å². The Kier molecular flexibility index (Phi) is 5.01. The lowest BCUT2D eigenvalue weighted by Crippen LogP contribution is -2.25. The second-order valence-corrected chi connectivity index (χ2v) is 5.42. The number of hydrogen-bond acceptors (Lipinski definition) is 4. The molecule has 0 radical (unpaired) electrons. The zero-order valence-electron chi connectivity index (χ0n) is 13.2. The number of amides is 1. The molecule has 1 fully saturated rings. The molecule has 8 heteroatoms. The number of carbonyl (C=O) groups excluding carboxylic acids is 1. The third-order valence-electron chi connectivity index (χ3n) is 3.69. The number of ether oxygens (including phenoxy) is 2. The molecule has 2 aromatic carbocycles. The van der Waals surface area contributed by atoms with Crippen molar-refractivity contribution in [3.8, 4) is 5.75 Å². The largest absolute Gasteiger partial charge is 0.486 e. The maximum absolute atomic E-state index is 14.3. The number of benzene rings is 2. The fourth-order valence-corrected chi connectivity index (χ4v) is 2.47. The first kappa shape index (κ1) is 16.6. The molecule has 1 aliphatic heterocycles. The van der Waals surface area contributed by atoms with E-state index in [-0.39, 0.29) is 25.4 Å². The molecule has 0 saturated carbocycles. The zero-order chi connectivity index (χ0) is 17.6. The quantitative estimate of drug-likeness (QED) is 0.451. The van der Waals surface area contributed by atoms with Crippen molar-refractivity contribution in [2.75, 3.05) is 18.0 Å². The molecule has 1 amide bonds. The summed E-state index contributed by atoms with van der Waals surface area (Å²) in [7, 11) is 0. The molecule has 0 spiro atoms. The molecule has 1 aliphatic rings. The molecule has 1 atom stereocenters. The average Bonchev–Trinajstić information content (AvgIpc) is 3.00. The molecule has 1 saturated heterocycles. The molecular weight excluding hydrogens is 327 g/mol. The first-order valence-corrected chi connectivity index (χ1v) is 7.62. The van der Waals surface area contributed by atoms with Crippen LogP contribution in [0.4, 0.5) is 14.9 Å². The molecule has 128 valence electrons. The van der Waals surface area contributed by atoms with Gasteiger partial charge in [0.2, 0.25) is 0 Å². The first-order valence-electron chi connectivity index (χ1n) is 7.62. The van der Waals surface area contributed by atoms with Crippen LogP contribution in [0, 0.1) is 5.82 Å². The highest BCUT2D eigenvalue weighted by Crippen LogP contribution is 2.27. The molecule has 0 aromatic heterocycles. The number of carbonyl (C=O) groups is 1. The number of hydrogen-bond donors (Lipinski definition) is 0. The van der Waals surface area contributed by atoms with Gasteiger partial charge < -0.3 is 9.47 Å². The molecular formula is C17H15FN4O3. The van der Waals surface area contributed by atoms with E-state index in [1.165, 1.54) is 17.0 Å². The van der Waals surface area contributed by atoms with Gasteiger partial charge in [-0.2, -0.15) is 0 Å². The highest BCUT2D eigenvalue weighted by molar-refractivity contribution is 5.89. The normalized spacial score (nSPS) is 16.3. The summed E-state index contributed by atoms with van der Waals surface area (Å²) in [6.07, 6.45) is -1.14. The van der Waals surface area contributed by atoms with Crippen LogP contribution in [-0.4, -0.2) is 25.3 Å². The second kappa shape index (κ2) is 7.55. The molecule has 25 heavy (non-hydrogen) atoms. The Balaban J connectivity index is 1.67. The lowest BCUT2D eigenvalue weighted by atomic mass is 10.2. The third kappa shape index (κ3) is 3.99. The molecule has 3 rings (SSSR count). The number of azide groups is 1. The van der Waals surface area contributed by atoms with Gasteiger partial charge in [-0.3, -0.25) is 4.90 Å². The summed E-state index contributed by atoms with van der Waals surface area (Å²) in [5, 5.41) is 3.38. The van der Waals surface area contributed by atoms with Crippen molar-refractivity contribution in [2.45, 2.75) is 12.7 Å². The van der Waals surface area contributed by atoms with Crippen LogP contribution >= 0.6 is 0 Å². The lowest BCUT2D eigenvalue weighted by Gasteiger charge is -2.14. The van der Waals surface area contributed by atoms with E-state index < -0.39 is 18.0 Å². The van der Waals surface area contributed by atoms with Gasteiger partial charge in [0.1, 0.15) is 12.7 Å². The zero-order valence-corrected chi connectivity index (χ0v) is 13.2. The topological polar surface area (TPSA) is 87.5 Å². The van der Waals surface area contributed by atoms with Gasteiger partial charge in [0, 0.05) is 11.0 Å². The fraction of sp³-hybridized carbons (Fsp3) is 0.235. The van der Waals surface area contributed by atoms with Gasteiger partial charge in [0.25, 0.3) is 0 Å². The Morgan fingerprint density at radius 3 is 2.84 bits per heavy atom. The van der Waals surface area contributed by atoms with Gasteiger partial charge >= 0.3 is 6.09 Å². The monoisotopic (exact) mass is 342 g/mol. The van der Waals surface area contributed by atoms with Gasteiger partial charge in [-0.15, -0.1) is 0 Å². The predicted octanol–water partition coefficient (Wildman–Crippen LogP) is 4.04. The van der Waals surface area contributed by atoms with Gasteiger partial charge in [-0.25, -0.2) is 9.18 Å². The fourth-order valence-electron chi connectivity index (χ4n) is 2.47. The molecule has 0 bridgehead atoms. The van der Waals surface area contributed by atoms with Gasteiger partial charge in [0.05, 0.1) is 18.8 Å². The van der Waals surface area contributed by atoms with Crippen LogP contribution in [0.25, 0.3) is 10.4 Å². The third-order valence-corrected chi connectivity index (χ3v) is 3.69. The van der Waals surface area contributed by atoms with Crippen LogP contribution in [0.3, 0.4) is 0 Å². The predicted molar refractivity (Wildman–Crippen MR) is 88.8 cm³/mol. The van der Waals surface area contributed by atoms with Crippen molar-refractivity contribution < 1.29 is 18.7 Å². The molecule has 2 aromatic rings. The van der Waals surface area contributed by atoms with E-state index >= 15 is 0 Å². The number of nitrogens with zero attached hydrogens (tertiary/aromatic N) is 4. The maximum atomic E-state index is 14.3. The van der Waals surface area contributed by atoms with Crippen molar-refractivity contribution in [1.29, 1.82) is 0 Å². The minimum absolute atomic E-state index is 0.0412. The maximum Gasteiger partial charge on any atom is 0.414 e.